The molecule has 1 aromatic rings. The van der Waals surface area contributed by atoms with Gasteiger partial charge in [-0.1, -0.05) is 24.1 Å². The fourth-order valence-corrected chi connectivity index (χ4v) is 1.68. The Morgan fingerprint density at radius 2 is 2.00 bits per heavy atom. The predicted octanol–water partition coefficient (Wildman–Crippen LogP) is 2.95. The molecule has 78 valence electrons. The highest BCUT2D eigenvalue weighted by Crippen LogP contribution is 2.50. The topological polar surface area (TPSA) is 9.23 Å². The molecule has 3 heteroatoms. The van der Waals surface area contributed by atoms with E-state index in [4.69, 9.17) is 6.42 Å². The van der Waals surface area contributed by atoms with E-state index in [-0.39, 0.29) is 11.2 Å². The van der Waals surface area contributed by atoms with Crippen LogP contribution < -0.4 is 4.74 Å². The largest absolute Gasteiger partial charge is 0.434 e. The average Bonchev–Trinajstić information content (AvgIpc) is 2.98. The van der Waals surface area contributed by atoms with Crippen LogP contribution in [-0.4, -0.2) is 6.61 Å². The minimum absolute atomic E-state index is 0.197. The number of hydrogen-bond acceptors (Lipinski definition) is 1. The lowest BCUT2D eigenvalue weighted by Crippen LogP contribution is -2.09. The first kappa shape index (κ1) is 9.97. The van der Waals surface area contributed by atoms with Gasteiger partial charge in [0, 0.05) is 5.56 Å². The molecule has 1 nitrogen and oxygen atoms in total. The molecule has 0 bridgehead atoms. The van der Waals surface area contributed by atoms with Crippen LogP contribution in [0.3, 0.4) is 0 Å². The summed E-state index contributed by atoms with van der Waals surface area (Å²) in [7, 11) is 0. The number of terminal acetylenes is 1. The second-order valence-electron chi connectivity index (χ2n) is 3.60. The van der Waals surface area contributed by atoms with Crippen molar-refractivity contribution in [3.05, 3.63) is 29.8 Å². The SMILES string of the molecule is C#CC1(c2ccccc2OC(F)F)CC1. The lowest BCUT2D eigenvalue weighted by atomic mass is 9.96. The summed E-state index contributed by atoms with van der Waals surface area (Å²) in [5.74, 6) is 2.85. The van der Waals surface area contributed by atoms with E-state index in [0.29, 0.717) is 5.56 Å². The summed E-state index contributed by atoms with van der Waals surface area (Å²) < 4.78 is 28.7. The maximum atomic E-state index is 12.1. The number of halogens is 2. The number of para-hydroxylation sites is 1. The molecule has 0 spiro atoms. The minimum Gasteiger partial charge on any atom is -0.434 e. The van der Waals surface area contributed by atoms with Crippen LogP contribution in [0.25, 0.3) is 0 Å². The van der Waals surface area contributed by atoms with Gasteiger partial charge in [-0.2, -0.15) is 8.78 Å². The monoisotopic (exact) mass is 208 g/mol. The van der Waals surface area contributed by atoms with Crippen LogP contribution in [-0.2, 0) is 5.41 Å². The van der Waals surface area contributed by atoms with Crippen LogP contribution in [0.2, 0.25) is 0 Å². The normalized spacial score (nSPS) is 17.2. The molecule has 1 aliphatic rings. The first-order valence-corrected chi connectivity index (χ1v) is 4.70. The molecule has 1 aromatic carbocycles. The Kier molecular flexibility index (Phi) is 2.36. The third-order valence-electron chi connectivity index (χ3n) is 2.64. The fourth-order valence-electron chi connectivity index (χ4n) is 1.68. The highest BCUT2D eigenvalue weighted by atomic mass is 19.3. The first-order valence-electron chi connectivity index (χ1n) is 4.70. The molecule has 2 rings (SSSR count). The molecule has 0 unspecified atom stereocenters. The zero-order valence-corrected chi connectivity index (χ0v) is 8.04. The number of rotatable bonds is 3. The third-order valence-corrected chi connectivity index (χ3v) is 2.64. The average molecular weight is 208 g/mol. The third kappa shape index (κ3) is 1.80. The Morgan fingerprint density at radius 1 is 1.33 bits per heavy atom. The Morgan fingerprint density at radius 3 is 2.53 bits per heavy atom. The first-order chi connectivity index (χ1) is 7.18. The van der Waals surface area contributed by atoms with Gasteiger partial charge in [-0.25, -0.2) is 0 Å². The Balaban J connectivity index is 2.35. The lowest BCUT2D eigenvalue weighted by molar-refractivity contribution is -0.0505. The molecule has 15 heavy (non-hydrogen) atoms. The van der Waals surface area contributed by atoms with E-state index < -0.39 is 6.61 Å². The van der Waals surface area contributed by atoms with E-state index in [2.05, 4.69) is 10.7 Å². The summed E-state index contributed by atoms with van der Waals surface area (Å²) in [6.07, 6.45) is 7.09. The van der Waals surface area contributed by atoms with Crippen molar-refractivity contribution in [2.75, 3.05) is 0 Å². The van der Waals surface area contributed by atoms with E-state index in [1.807, 2.05) is 0 Å². The summed E-state index contributed by atoms with van der Waals surface area (Å²) in [4.78, 5) is 0. The van der Waals surface area contributed by atoms with Gasteiger partial charge in [-0.05, 0) is 18.9 Å². The Bertz CT molecular complexity index is 402. The van der Waals surface area contributed by atoms with Crippen molar-refractivity contribution >= 4 is 0 Å². The van der Waals surface area contributed by atoms with Crippen LogP contribution in [0, 0.1) is 12.3 Å². The summed E-state index contributed by atoms with van der Waals surface area (Å²) in [5.41, 5.74) is 0.332. The second kappa shape index (κ2) is 3.54. The van der Waals surface area contributed by atoms with Crippen LogP contribution in [0.4, 0.5) is 8.78 Å². The number of benzene rings is 1. The molecule has 1 fully saturated rings. The fraction of sp³-hybridized carbons (Fsp3) is 0.333. The maximum absolute atomic E-state index is 12.1. The predicted molar refractivity (Wildman–Crippen MR) is 52.8 cm³/mol. The molecular formula is C12H10F2O. The second-order valence-corrected chi connectivity index (χ2v) is 3.60. The van der Waals surface area contributed by atoms with Crippen LogP contribution in [0.1, 0.15) is 18.4 Å². The van der Waals surface area contributed by atoms with Gasteiger partial charge in [-0.15, -0.1) is 6.42 Å². The van der Waals surface area contributed by atoms with E-state index in [0.717, 1.165) is 12.8 Å². The minimum atomic E-state index is -2.81. The van der Waals surface area contributed by atoms with Crippen LogP contribution >= 0.6 is 0 Å². The van der Waals surface area contributed by atoms with E-state index in [1.165, 1.54) is 6.07 Å². The van der Waals surface area contributed by atoms with Crippen molar-refractivity contribution in [3.63, 3.8) is 0 Å². The molecule has 0 amide bonds. The van der Waals surface area contributed by atoms with Crippen molar-refractivity contribution < 1.29 is 13.5 Å². The van der Waals surface area contributed by atoms with E-state index >= 15 is 0 Å². The number of hydrogen-bond donors (Lipinski definition) is 0. The van der Waals surface area contributed by atoms with Crippen molar-refractivity contribution in [2.45, 2.75) is 24.9 Å². The highest BCUT2D eigenvalue weighted by Gasteiger charge is 2.44. The molecule has 0 radical (unpaired) electrons. The molecule has 0 atom stereocenters. The number of ether oxygens (including phenoxy) is 1. The van der Waals surface area contributed by atoms with Gasteiger partial charge in [0.1, 0.15) is 5.75 Å². The molecule has 0 aliphatic heterocycles. The van der Waals surface area contributed by atoms with Gasteiger partial charge in [0.25, 0.3) is 0 Å². The quantitative estimate of drug-likeness (QED) is 0.694. The van der Waals surface area contributed by atoms with Gasteiger partial charge in [0.15, 0.2) is 0 Å². The highest BCUT2D eigenvalue weighted by molar-refractivity contribution is 5.48. The molecule has 0 heterocycles. The smallest absolute Gasteiger partial charge is 0.387 e. The van der Waals surface area contributed by atoms with E-state index in [1.54, 1.807) is 18.2 Å². The van der Waals surface area contributed by atoms with Crippen molar-refractivity contribution in [1.82, 2.24) is 0 Å². The summed E-state index contributed by atoms with van der Waals surface area (Å²) in [6.45, 7) is -2.81. The standard InChI is InChI=1S/C12H10F2O/c1-2-12(7-8-12)9-5-3-4-6-10(9)15-11(13)14/h1,3-6,11H,7-8H2. The molecule has 0 aromatic heterocycles. The van der Waals surface area contributed by atoms with Gasteiger partial charge in [0.2, 0.25) is 0 Å². The Hall–Kier alpha value is -1.56. The van der Waals surface area contributed by atoms with Gasteiger partial charge >= 0.3 is 6.61 Å². The molecule has 1 aliphatic carbocycles. The van der Waals surface area contributed by atoms with Gasteiger partial charge in [0.05, 0.1) is 5.41 Å². The Labute approximate surface area is 87.1 Å². The van der Waals surface area contributed by atoms with Crippen molar-refractivity contribution in [1.29, 1.82) is 0 Å². The van der Waals surface area contributed by atoms with Crippen molar-refractivity contribution in [2.24, 2.45) is 0 Å². The summed E-state index contributed by atoms with van der Waals surface area (Å²) in [5, 5.41) is 0. The number of alkyl halides is 2. The summed E-state index contributed by atoms with van der Waals surface area (Å²) in [6, 6.07) is 6.72. The zero-order valence-electron chi connectivity index (χ0n) is 8.04. The van der Waals surface area contributed by atoms with Crippen LogP contribution in [0.15, 0.2) is 24.3 Å². The molecule has 1 saturated carbocycles. The molecule has 0 saturated heterocycles. The molecular weight excluding hydrogens is 198 g/mol. The van der Waals surface area contributed by atoms with E-state index in [9.17, 15) is 8.78 Å². The maximum Gasteiger partial charge on any atom is 0.387 e. The van der Waals surface area contributed by atoms with Gasteiger partial charge in [-0.3, -0.25) is 0 Å². The summed E-state index contributed by atoms with van der Waals surface area (Å²) >= 11 is 0. The van der Waals surface area contributed by atoms with Crippen LogP contribution in [0.5, 0.6) is 5.75 Å². The zero-order chi connectivity index (χ0) is 10.9. The van der Waals surface area contributed by atoms with Crippen molar-refractivity contribution in [3.8, 4) is 18.1 Å². The lowest BCUT2D eigenvalue weighted by Gasteiger charge is -2.14. The van der Waals surface area contributed by atoms with Gasteiger partial charge < -0.3 is 4.74 Å². The molecule has 0 N–H and O–H groups in total.